The highest BCUT2D eigenvalue weighted by Crippen LogP contribution is 2.39. The van der Waals surface area contributed by atoms with Crippen molar-refractivity contribution in [1.29, 1.82) is 0 Å². The van der Waals surface area contributed by atoms with Crippen molar-refractivity contribution in [2.75, 3.05) is 29.9 Å². The summed E-state index contributed by atoms with van der Waals surface area (Å²) >= 11 is 0. The summed E-state index contributed by atoms with van der Waals surface area (Å²) in [5.74, 6) is 2.22. The van der Waals surface area contributed by atoms with Crippen molar-refractivity contribution >= 4 is 23.4 Å². The minimum Gasteiger partial charge on any atom is -0.484 e. The number of halogens is 1. The fourth-order valence-corrected chi connectivity index (χ4v) is 8.11. The molecule has 12 heteroatoms. The number of nitrogens with one attached hydrogen (secondary N) is 2. The Morgan fingerprint density at radius 3 is 2.44 bits per heavy atom. The van der Waals surface area contributed by atoms with Crippen molar-refractivity contribution in [2.45, 2.75) is 109 Å². The lowest BCUT2D eigenvalue weighted by Crippen LogP contribution is -2.38. The molecule has 5 heterocycles. The highest BCUT2D eigenvalue weighted by molar-refractivity contribution is 5.89. The fraction of sp³-hybridized carbons (Fsp3) is 0.476. The molecule has 284 valence electrons. The molecule has 5 aromatic rings. The van der Waals surface area contributed by atoms with Gasteiger partial charge in [0.15, 0.2) is 5.65 Å². The van der Waals surface area contributed by atoms with Crippen LogP contribution in [0.4, 0.5) is 21.0 Å². The number of carbonyl (C=O) groups is 1. The van der Waals surface area contributed by atoms with Gasteiger partial charge in [0.1, 0.15) is 23.8 Å². The Labute approximate surface area is 316 Å². The lowest BCUT2D eigenvalue weighted by atomic mass is 9.85. The van der Waals surface area contributed by atoms with Gasteiger partial charge in [-0.15, -0.1) is 10.2 Å². The van der Waals surface area contributed by atoms with Crippen molar-refractivity contribution in [3.05, 3.63) is 95.3 Å². The summed E-state index contributed by atoms with van der Waals surface area (Å²) in [4.78, 5) is 18.4. The Hall–Kier alpha value is -4.97. The van der Waals surface area contributed by atoms with Crippen LogP contribution in [0.25, 0.3) is 11.3 Å². The summed E-state index contributed by atoms with van der Waals surface area (Å²) in [7, 11) is 0. The quantitative estimate of drug-likeness (QED) is 0.165. The second kappa shape index (κ2) is 15.0. The van der Waals surface area contributed by atoms with Gasteiger partial charge in [-0.05, 0) is 92.8 Å². The molecule has 3 atom stereocenters. The van der Waals surface area contributed by atoms with Crippen molar-refractivity contribution < 1.29 is 13.9 Å². The zero-order valence-electron chi connectivity index (χ0n) is 31.8. The van der Waals surface area contributed by atoms with E-state index in [9.17, 15) is 9.18 Å². The topological polar surface area (TPSA) is 105 Å². The van der Waals surface area contributed by atoms with Crippen LogP contribution in [0.2, 0.25) is 0 Å². The van der Waals surface area contributed by atoms with Crippen molar-refractivity contribution in [1.82, 2.24) is 34.6 Å². The average Bonchev–Trinajstić information content (AvgIpc) is 3.79. The largest absolute Gasteiger partial charge is 0.484 e. The molecule has 0 radical (unpaired) electrons. The van der Waals surface area contributed by atoms with Crippen molar-refractivity contribution in [3.8, 4) is 11.4 Å². The number of urea groups is 1. The summed E-state index contributed by atoms with van der Waals surface area (Å²) in [5.41, 5.74) is 5.60. The number of pyridine rings is 1. The predicted octanol–water partition coefficient (Wildman–Crippen LogP) is 8.30. The number of piperidine rings is 2. The molecule has 2 fully saturated rings. The van der Waals surface area contributed by atoms with Crippen LogP contribution in [0.15, 0.2) is 72.9 Å². The van der Waals surface area contributed by atoms with Crippen LogP contribution >= 0.6 is 0 Å². The molecule has 0 saturated carbocycles. The van der Waals surface area contributed by atoms with Gasteiger partial charge < -0.3 is 15.0 Å². The van der Waals surface area contributed by atoms with E-state index in [-0.39, 0.29) is 23.6 Å². The molecule has 0 bridgehead atoms. The number of fused-ring (bicyclic) bond motifs is 2. The first-order valence-electron chi connectivity index (χ1n) is 19.6. The van der Waals surface area contributed by atoms with E-state index < -0.39 is 6.17 Å². The van der Waals surface area contributed by atoms with Crippen LogP contribution in [0.3, 0.4) is 0 Å². The third-order valence-electron chi connectivity index (χ3n) is 11.3. The van der Waals surface area contributed by atoms with Crippen LogP contribution in [0.5, 0.6) is 5.75 Å². The van der Waals surface area contributed by atoms with E-state index in [2.05, 4.69) is 82.6 Å². The summed E-state index contributed by atoms with van der Waals surface area (Å²) in [5, 5.41) is 20.3. The lowest BCUT2D eigenvalue weighted by Gasteiger charge is -2.33. The maximum atomic E-state index is 13.7. The Bertz CT molecular complexity index is 2080. The molecule has 2 aliphatic heterocycles. The molecular formula is C42H52FN9O2. The molecule has 2 saturated heterocycles. The van der Waals surface area contributed by atoms with E-state index in [0.29, 0.717) is 24.7 Å². The standard InChI is InChI=1S/C42H52FN9O2/c1-28-9-7-8-22-50(28)41-47-46-38-19-16-32(27-51(38)41)54-36-18-17-35(33-10-5-6-11-34(33)36)44-40(53)45-39-25-37(42(2,3)4)48-52(39)31-14-12-29(13-15-31)26-49-23-20-30(43)21-24-49/h5-6,10-16,19,25,27-28,30,35-36H,7-9,17-18,20-24,26H2,1-4H3,(H2,44,45,53)/t28-,35-,36+/m0/s1. The molecule has 1 aliphatic carbocycles. The normalized spacial score (nSPS) is 21.2. The molecule has 3 aromatic heterocycles. The number of hydrogen-bond donors (Lipinski definition) is 2. The first-order valence-corrected chi connectivity index (χ1v) is 19.6. The summed E-state index contributed by atoms with van der Waals surface area (Å²) in [6, 6.07) is 22.3. The maximum absolute atomic E-state index is 13.7. The molecule has 0 spiro atoms. The monoisotopic (exact) mass is 733 g/mol. The highest BCUT2D eigenvalue weighted by Gasteiger charge is 2.31. The minimum atomic E-state index is -0.683. The smallest absolute Gasteiger partial charge is 0.320 e. The minimum absolute atomic E-state index is 0.164. The first-order chi connectivity index (χ1) is 26.1. The third kappa shape index (κ3) is 7.66. The van der Waals surface area contributed by atoms with Gasteiger partial charge >= 0.3 is 6.03 Å². The first kappa shape index (κ1) is 36.0. The predicted molar refractivity (Wildman–Crippen MR) is 209 cm³/mol. The van der Waals surface area contributed by atoms with Crippen LogP contribution in [-0.4, -0.2) is 67.2 Å². The number of likely N-dealkylation sites (tertiary alicyclic amines) is 1. The second-order valence-corrected chi connectivity index (χ2v) is 16.3. The Morgan fingerprint density at radius 1 is 0.907 bits per heavy atom. The zero-order chi connectivity index (χ0) is 37.4. The summed E-state index contributed by atoms with van der Waals surface area (Å²) < 4.78 is 24.2. The Kier molecular flexibility index (Phi) is 10.0. The highest BCUT2D eigenvalue weighted by atomic mass is 19.1. The van der Waals surface area contributed by atoms with Crippen LogP contribution < -0.4 is 20.3 Å². The summed E-state index contributed by atoms with van der Waals surface area (Å²) in [6.45, 7) is 11.9. The number of aromatic nitrogens is 5. The van der Waals surface area contributed by atoms with Gasteiger partial charge in [-0.1, -0.05) is 57.2 Å². The maximum Gasteiger partial charge on any atom is 0.320 e. The van der Waals surface area contributed by atoms with Gasteiger partial charge in [-0.25, -0.2) is 13.9 Å². The van der Waals surface area contributed by atoms with E-state index in [4.69, 9.17) is 9.84 Å². The number of rotatable bonds is 8. The molecule has 54 heavy (non-hydrogen) atoms. The molecule has 2 aromatic carbocycles. The van der Waals surface area contributed by atoms with Crippen LogP contribution in [0.1, 0.15) is 107 Å². The number of carbonyl (C=O) groups excluding carboxylic acids is 1. The molecule has 11 nitrogen and oxygen atoms in total. The fourth-order valence-electron chi connectivity index (χ4n) is 8.11. The molecule has 3 aliphatic rings. The second-order valence-electron chi connectivity index (χ2n) is 16.3. The number of anilines is 2. The van der Waals surface area contributed by atoms with Crippen molar-refractivity contribution in [2.24, 2.45) is 0 Å². The third-order valence-corrected chi connectivity index (χ3v) is 11.3. The van der Waals surface area contributed by atoms with Gasteiger partial charge in [-0.2, -0.15) is 5.10 Å². The van der Waals surface area contributed by atoms with Gasteiger partial charge in [0.2, 0.25) is 5.95 Å². The number of nitrogens with zero attached hydrogens (tertiary/aromatic N) is 7. The van der Waals surface area contributed by atoms with Gasteiger partial charge in [-0.3, -0.25) is 14.6 Å². The van der Waals surface area contributed by atoms with Gasteiger partial charge in [0.05, 0.1) is 23.6 Å². The average molecular weight is 734 g/mol. The van der Waals surface area contributed by atoms with Crippen LogP contribution in [-0.2, 0) is 12.0 Å². The summed E-state index contributed by atoms with van der Waals surface area (Å²) in [6.07, 6.45) is 7.35. The molecule has 2 N–H and O–H groups in total. The van der Waals surface area contributed by atoms with E-state index >= 15 is 0 Å². The number of alkyl halides is 1. The Morgan fingerprint density at radius 2 is 1.69 bits per heavy atom. The molecule has 8 rings (SSSR count). The number of amides is 2. The van der Waals surface area contributed by atoms with Gasteiger partial charge in [0.25, 0.3) is 0 Å². The van der Waals surface area contributed by atoms with E-state index in [1.54, 1.807) is 4.68 Å². The number of hydrogen-bond acceptors (Lipinski definition) is 7. The van der Waals surface area contributed by atoms with E-state index in [1.807, 2.05) is 53.1 Å². The molecular weight excluding hydrogens is 682 g/mol. The van der Waals surface area contributed by atoms with E-state index in [0.717, 1.165) is 91.7 Å². The lowest BCUT2D eigenvalue weighted by molar-refractivity contribution is 0.145. The number of benzene rings is 2. The van der Waals surface area contributed by atoms with Crippen molar-refractivity contribution in [3.63, 3.8) is 0 Å². The van der Waals surface area contributed by atoms with Crippen LogP contribution in [0, 0.1) is 0 Å². The molecule has 0 unspecified atom stereocenters. The van der Waals surface area contributed by atoms with Gasteiger partial charge in [0, 0.05) is 43.7 Å². The van der Waals surface area contributed by atoms with E-state index in [1.165, 1.54) is 12.0 Å². The number of ether oxygens (including phenoxy) is 1. The zero-order valence-corrected chi connectivity index (χ0v) is 31.8. The Balaban J connectivity index is 0.965. The molecule has 2 amide bonds. The SMILES string of the molecule is C[C@H]1CCCCN1c1nnc2ccc(O[C@@H]3CC[C@H](NC(=O)Nc4cc(C(C)(C)C)nn4-c4ccc(CN5CCC(F)CC5)cc4)c4ccccc43)cn12.